The van der Waals surface area contributed by atoms with E-state index >= 15 is 0 Å². The second-order valence-corrected chi connectivity index (χ2v) is 5.73. The average Bonchev–Trinajstić information content (AvgIpc) is 2.46. The molecule has 8 nitrogen and oxygen atoms in total. The van der Waals surface area contributed by atoms with Crippen LogP contribution in [0.1, 0.15) is 20.7 Å². The van der Waals surface area contributed by atoms with Crippen molar-refractivity contribution in [3.05, 3.63) is 53.6 Å². The fourth-order valence-electron chi connectivity index (χ4n) is 1.70. The second kappa shape index (κ2) is 11.8. The van der Waals surface area contributed by atoms with E-state index in [-0.39, 0.29) is 100 Å². The van der Waals surface area contributed by atoms with Gasteiger partial charge in [-0.2, -0.15) is 0 Å². The largest absolute Gasteiger partial charge is 1.00 e. The second-order valence-electron chi connectivity index (χ2n) is 4.35. The van der Waals surface area contributed by atoms with E-state index < -0.39 is 38.1 Å². The summed E-state index contributed by atoms with van der Waals surface area (Å²) in [4.78, 5) is 21.2. The summed E-state index contributed by atoms with van der Waals surface area (Å²) in [5, 5.41) is 21.7. The van der Waals surface area contributed by atoms with Crippen molar-refractivity contribution < 1.29 is 126 Å². The van der Waals surface area contributed by atoms with Gasteiger partial charge in [-0.1, -0.05) is 0 Å². The van der Waals surface area contributed by atoms with Gasteiger partial charge in [-0.25, -0.2) is 8.42 Å². The summed E-state index contributed by atoms with van der Waals surface area (Å²) in [6, 6.07) is 7.23. The summed E-state index contributed by atoms with van der Waals surface area (Å²) in [6.45, 7) is 0. The molecule has 0 aromatic heterocycles. The molecule has 0 bridgehead atoms. The Hall–Kier alpha value is 0.0900. The molecule has 0 unspecified atom stereocenters. The third-order valence-electron chi connectivity index (χ3n) is 2.73. The van der Waals surface area contributed by atoms with Crippen molar-refractivity contribution >= 4 is 22.1 Å². The Morgan fingerprint density at radius 2 is 1.19 bits per heavy atom. The van der Waals surface area contributed by atoms with Crippen LogP contribution in [0, 0.1) is 0 Å². The van der Waals surface area contributed by atoms with Crippen molar-refractivity contribution in [1.82, 2.24) is 0 Å². The zero-order valence-electron chi connectivity index (χ0n) is 14.2. The number of carboxylic acids is 2. The molecule has 0 saturated carbocycles. The zero-order chi connectivity index (χ0) is 17.2. The van der Waals surface area contributed by atoms with Gasteiger partial charge in [-0.3, -0.25) is 0 Å². The summed E-state index contributed by atoms with van der Waals surface area (Å²) in [6.07, 6.45) is 0. The van der Waals surface area contributed by atoms with Gasteiger partial charge < -0.3 is 29.1 Å². The molecule has 0 aliphatic rings. The number of hydrogen-bond acceptors (Lipinski definition) is 8. The molecule has 0 atom stereocenters. The summed E-state index contributed by atoms with van der Waals surface area (Å²) < 4.78 is 37.7. The third-order valence-corrected chi connectivity index (χ3v) is 3.58. The Morgan fingerprint density at radius 1 is 0.769 bits per heavy atom. The van der Waals surface area contributed by atoms with E-state index in [1.54, 1.807) is 0 Å². The molecule has 0 heterocycles. The first-order valence-electron chi connectivity index (χ1n) is 5.98. The molecule has 26 heavy (non-hydrogen) atoms. The molecule has 2 aromatic rings. The first-order valence-corrected chi connectivity index (χ1v) is 7.39. The number of ether oxygens (including phenoxy) is 1. The molecular formula is C14H7Na3O8S. The van der Waals surface area contributed by atoms with E-state index in [0.717, 1.165) is 42.5 Å². The number of carbonyl (C=O) groups is 2. The third kappa shape index (κ3) is 7.99. The Labute approximate surface area is 215 Å². The van der Waals surface area contributed by atoms with Crippen molar-refractivity contribution in [2.45, 2.75) is 4.90 Å². The van der Waals surface area contributed by atoms with Crippen molar-refractivity contribution in [3.63, 3.8) is 0 Å². The first kappa shape index (κ1) is 28.3. The Bertz CT molecular complexity index is 849. The monoisotopic (exact) mass is 404 g/mol. The van der Waals surface area contributed by atoms with Crippen LogP contribution in [0.2, 0.25) is 0 Å². The van der Waals surface area contributed by atoms with Gasteiger partial charge in [0.1, 0.15) is 21.6 Å². The molecule has 0 spiro atoms. The minimum absolute atomic E-state index is 0. The molecule has 0 N–H and O–H groups in total. The average molecular weight is 404 g/mol. The van der Waals surface area contributed by atoms with Crippen LogP contribution >= 0.6 is 0 Å². The van der Waals surface area contributed by atoms with Gasteiger partial charge in [0.15, 0.2) is 0 Å². The quantitative estimate of drug-likeness (QED) is 0.353. The normalized spacial score (nSPS) is 9.73. The predicted molar refractivity (Wildman–Crippen MR) is 69.6 cm³/mol. The van der Waals surface area contributed by atoms with Crippen LogP contribution in [0.25, 0.3) is 0 Å². The molecular weight excluding hydrogens is 397 g/mol. The van der Waals surface area contributed by atoms with Crippen molar-refractivity contribution in [2.75, 3.05) is 0 Å². The van der Waals surface area contributed by atoms with Gasteiger partial charge in [0, 0.05) is 11.1 Å². The van der Waals surface area contributed by atoms with Crippen LogP contribution in [0.3, 0.4) is 0 Å². The van der Waals surface area contributed by atoms with Gasteiger partial charge in [-0.15, -0.1) is 0 Å². The van der Waals surface area contributed by atoms with Crippen LogP contribution in [0.15, 0.2) is 47.4 Å². The van der Waals surface area contributed by atoms with E-state index in [0.29, 0.717) is 0 Å². The maximum absolute atomic E-state index is 10.9. The fourth-order valence-corrected chi connectivity index (χ4v) is 2.17. The summed E-state index contributed by atoms with van der Waals surface area (Å²) in [5.74, 6) is -3.28. The van der Waals surface area contributed by atoms with E-state index in [1.807, 2.05) is 0 Å². The van der Waals surface area contributed by atoms with Crippen LogP contribution in [0.5, 0.6) is 11.5 Å². The summed E-state index contributed by atoms with van der Waals surface area (Å²) in [5.41, 5.74) is -0.860. The topological polar surface area (TPSA) is 147 Å². The van der Waals surface area contributed by atoms with Gasteiger partial charge >= 0.3 is 88.7 Å². The van der Waals surface area contributed by atoms with E-state index in [2.05, 4.69) is 0 Å². The number of carbonyl (C=O) groups excluding carboxylic acids is 2. The van der Waals surface area contributed by atoms with Gasteiger partial charge in [0.05, 0.1) is 16.8 Å². The number of aromatic carboxylic acids is 2. The number of hydrogen-bond donors (Lipinski definition) is 0. The number of rotatable bonds is 5. The van der Waals surface area contributed by atoms with Crippen molar-refractivity contribution in [3.8, 4) is 11.5 Å². The van der Waals surface area contributed by atoms with Crippen molar-refractivity contribution in [2.24, 2.45) is 0 Å². The van der Waals surface area contributed by atoms with Crippen LogP contribution in [-0.4, -0.2) is 24.9 Å². The standard InChI is InChI=1S/C14H10O8S.3Na/c15-13(16)8-5-9(14(17)18)7-11(6-8)22-10-1-3-12(4-2-10)23(19,20)21;;;/h1-7H,(H,15,16)(H,17,18)(H,19,20,21);;;/q;3*+1/p-3. The van der Waals surface area contributed by atoms with Gasteiger partial charge in [-0.05, 0) is 42.5 Å². The Balaban J connectivity index is 0. The van der Waals surface area contributed by atoms with Crippen LogP contribution in [-0.2, 0) is 10.1 Å². The van der Waals surface area contributed by atoms with Gasteiger partial charge in [0.2, 0.25) is 0 Å². The van der Waals surface area contributed by atoms with Gasteiger partial charge in [0.25, 0.3) is 0 Å². The molecule has 2 rings (SSSR count). The molecule has 0 aliphatic heterocycles. The summed E-state index contributed by atoms with van der Waals surface area (Å²) >= 11 is 0. The molecule has 2 aromatic carbocycles. The first-order chi connectivity index (χ1) is 10.7. The SMILES string of the molecule is O=C([O-])c1cc(Oc2ccc(S(=O)(=O)[O-])cc2)cc(C(=O)[O-])c1.[Na+].[Na+].[Na+]. The molecule has 0 aliphatic carbocycles. The maximum Gasteiger partial charge on any atom is 1.00 e. The smallest absolute Gasteiger partial charge is 0.744 e. The molecule has 0 radical (unpaired) electrons. The fraction of sp³-hybridized carbons (Fsp3) is 0. The summed E-state index contributed by atoms with van der Waals surface area (Å²) in [7, 11) is -4.61. The molecule has 0 saturated heterocycles. The minimum atomic E-state index is -4.61. The molecule has 0 fully saturated rings. The van der Waals surface area contributed by atoms with Crippen molar-refractivity contribution in [1.29, 1.82) is 0 Å². The molecule has 0 amide bonds. The van der Waals surface area contributed by atoms with E-state index in [9.17, 15) is 32.8 Å². The predicted octanol–water partition coefficient (Wildman–Crippen LogP) is -9.88. The Kier molecular flexibility index (Phi) is 12.9. The number of carboxylic acid groups (broad SMARTS) is 2. The van der Waals surface area contributed by atoms with E-state index in [4.69, 9.17) is 4.74 Å². The van der Waals surface area contributed by atoms with Crippen LogP contribution < -0.4 is 104 Å². The Morgan fingerprint density at radius 3 is 1.54 bits per heavy atom. The van der Waals surface area contributed by atoms with E-state index in [1.165, 1.54) is 0 Å². The minimum Gasteiger partial charge on any atom is -0.744 e. The molecule has 12 heteroatoms. The van der Waals surface area contributed by atoms with Crippen LogP contribution in [0.4, 0.5) is 0 Å². The zero-order valence-corrected chi connectivity index (χ0v) is 21.0. The number of benzene rings is 2. The maximum atomic E-state index is 10.9. The molecule has 120 valence electrons.